The van der Waals surface area contributed by atoms with Gasteiger partial charge in [0.15, 0.2) is 0 Å². The van der Waals surface area contributed by atoms with Crippen molar-refractivity contribution >= 4 is 12.1 Å². The first-order chi connectivity index (χ1) is 8.79. The molecule has 5 heteroatoms. The third-order valence-electron chi connectivity index (χ3n) is 2.96. The fourth-order valence-corrected chi connectivity index (χ4v) is 2.12. The maximum atomic E-state index is 11.7. The van der Waals surface area contributed by atoms with Crippen LogP contribution in [0.15, 0.2) is 12.2 Å². The molecule has 0 aromatic carbocycles. The van der Waals surface area contributed by atoms with Gasteiger partial charge in [0.05, 0.1) is 5.92 Å². The molecule has 0 aliphatic heterocycles. The average molecular weight is 269 g/mol. The fraction of sp³-hybridized carbons (Fsp3) is 0.714. The predicted molar refractivity (Wildman–Crippen MR) is 71.9 cm³/mol. The summed E-state index contributed by atoms with van der Waals surface area (Å²) < 4.78 is 5.18. The highest BCUT2D eigenvalue weighted by Gasteiger charge is 2.30. The summed E-state index contributed by atoms with van der Waals surface area (Å²) in [7, 11) is 0. The van der Waals surface area contributed by atoms with E-state index in [1.54, 1.807) is 20.8 Å². The van der Waals surface area contributed by atoms with Gasteiger partial charge in [-0.25, -0.2) is 4.79 Å². The van der Waals surface area contributed by atoms with Crippen LogP contribution in [0, 0.1) is 5.92 Å². The highest BCUT2D eigenvalue weighted by molar-refractivity contribution is 5.73. The number of carboxylic acids is 1. The van der Waals surface area contributed by atoms with E-state index in [0.717, 1.165) is 12.8 Å². The SMILES string of the molecule is CC(C)(C)OC(=O)NC1CC/C=C/CCC1C(=O)O. The summed E-state index contributed by atoms with van der Waals surface area (Å²) in [5.74, 6) is -1.42. The van der Waals surface area contributed by atoms with Gasteiger partial charge in [0.2, 0.25) is 0 Å². The number of amides is 1. The first-order valence-electron chi connectivity index (χ1n) is 6.67. The maximum Gasteiger partial charge on any atom is 0.407 e. The Bertz CT molecular complexity index is 357. The van der Waals surface area contributed by atoms with Crippen LogP contribution in [-0.4, -0.2) is 28.8 Å². The van der Waals surface area contributed by atoms with E-state index in [-0.39, 0.29) is 6.04 Å². The molecule has 0 spiro atoms. The Morgan fingerprint density at radius 3 is 2.32 bits per heavy atom. The molecule has 1 aliphatic rings. The molecule has 5 nitrogen and oxygen atoms in total. The van der Waals surface area contributed by atoms with Crippen LogP contribution >= 0.6 is 0 Å². The van der Waals surface area contributed by atoms with E-state index < -0.39 is 23.6 Å². The standard InChI is InChI=1S/C14H23NO4/c1-14(2,3)19-13(18)15-11-9-7-5-4-6-8-10(11)12(16)17/h4-5,10-11H,6-9H2,1-3H3,(H,15,18)(H,16,17)/b5-4+. The second-order valence-electron chi connectivity index (χ2n) is 5.82. The van der Waals surface area contributed by atoms with Crippen molar-refractivity contribution in [1.29, 1.82) is 0 Å². The van der Waals surface area contributed by atoms with Crippen molar-refractivity contribution in [2.75, 3.05) is 0 Å². The minimum atomic E-state index is -0.864. The predicted octanol–water partition coefficient (Wildman–Crippen LogP) is 2.71. The van der Waals surface area contributed by atoms with E-state index in [9.17, 15) is 14.7 Å². The number of nitrogens with one attached hydrogen (secondary N) is 1. The van der Waals surface area contributed by atoms with Gasteiger partial charge in [-0.1, -0.05) is 12.2 Å². The highest BCUT2D eigenvalue weighted by Crippen LogP contribution is 2.20. The minimum Gasteiger partial charge on any atom is -0.481 e. The number of aliphatic carboxylic acids is 1. The van der Waals surface area contributed by atoms with Crippen molar-refractivity contribution in [2.24, 2.45) is 5.92 Å². The van der Waals surface area contributed by atoms with Crippen LogP contribution in [0.1, 0.15) is 46.5 Å². The first kappa shape index (κ1) is 15.5. The normalized spacial score (nSPS) is 25.8. The molecule has 0 radical (unpaired) electrons. The lowest BCUT2D eigenvalue weighted by Crippen LogP contribution is -2.45. The molecule has 0 aromatic rings. The molecule has 0 heterocycles. The monoisotopic (exact) mass is 269 g/mol. The number of carbonyl (C=O) groups is 2. The first-order valence-corrected chi connectivity index (χ1v) is 6.67. The lowest BCUT2D eigenvalue weighted by Gasteiger charge is -2.27. The van der Waals surface area contributed by atoms with Gasteiger partial charge >= 0.3 is 12.1 Å². The zero-order valence-corrected chi connectivity index (χ0v) is 11.8. The van der Waals surface area contributed by atoms with E-state index >= 15 is 0 Å². The number of rotatable bonds is 2. The Hall–Kier alpha value is -1.52. The van der Waals surface area contributed by atoms with Gasteiger partial charge in [-0.2, -0.15) is 0 Å². The van der Waals surface area contributed by atoms with Crippen molar-refractivity contribution in [1.82, 2.24) is 5.32 Å². The van der Waals surface area contributed by atoms with Gasteiger partial charge in [0, 0.05) is 6.04 Å². The van der Waals surface area contributed by atoms with E-state index in [0.29, 0.717) is 12.8 Å². The second kappa shape index (κ2) is 6.59. The third kappa shape index (κ3) is 5.77. The minimum absolute atomic E-state index is 0.378. The fourth-order valence-electron chi connectivity index (χ4n) is 2.12. The molecule has 1 aliphatic carbocycles. The largest absolute Gasteiger partial charge is 0.481 e. The Kier molecular flexibility index (Phi) is 5.39. The summed E-state index contributed by atoms with van der Waals surface area (Å²) in [6.45, 7) is 5.34. The van der Waals surface area contributed by atoms with Crippen molar-refractivity contribution in [2.45, 2.75) is 58.1 Å². The summed E-state index contributed by atoms with van der Waals surface area (Å²) in [4.78, 5) is 23.0. The van der Waals surface area contributed by atoms with Gasteiger partial charge in [-0.05, 0) is 46.5 Å². The number of allylic oxidation sites excluding steroid dienone is 2. The Balaban J connectivity index is 2.67. The van der Waals surface area contributed by atoms with Crippen LogP contribution in [0.4, 0.5) is 4.79 Å². The Morgan fingerprint density at radius 1 is 1.21 bits per heavy atom. The van der Waals surface area contributed by atoms with Crippen LogP contribution in [0.2, 0.25) is 0 Å². The summed E-state index contributed by atoms with van der Waals surface area (Å²) in [6, 6.07) is -0.378. The van der Waals surface area contributed by atoms with Gasteiger partial charge in [-0.15, -0.1) is 0 Å². The lowest BCUT2D eigenvalue weighted by atomic mass is 9.89. The molecular weight excluding hydrogens is 246 g/mol. The summed E-state index contributed by atoms with van der Waals surface area (Å²) >= 11 is 0. The van der Waals surface area contributed by atoms with Crippen LogP contribution in [0.3, 0.4) is 0 Å². The molecular formula is C14H23NO4. The number of alkyl carbamates (subject to hydrolysis) is 1. The topological polar surface area (TPSA) is 75.6 Å². The number of hydrogen-bond acceptors (Lipinski definition) is 3. The molecule has 1 amide bonds. The molecule has 2 atom stereocenters. The molecule has 19 heavy (non-hydrogen) atoms. The van der Waals surface area contributed by atoms with Crippen LogP contribution < -0.4 is 5.32 Å². The van der Waals surface area contributed by atoms with Crippen molar-refractivity contribution in [3.63, 3.8) is 0 Å². The number of ether oxygens (including phenoxy) is 1. The molecule has 0 aromatic heterocycles. The highest BCUT2D eigenvalue weighted by atomic mass is 16.6. The van der Waals surface area contributed by atoms with E-state index in [4.69, 9.17) is 4.74 Å². The summed E-state index contributed by atoms with van der Waals surface area (Å²) in [5.41, 5.74) is -0.579. The third-order valence-corrected chi connectivity index (χ3v) is 2.96. The number of carbonyl (C=O) groups excluding carboxylic acids is 1. The zero-order valence-electron chi connectivity index (χ0n) is 11.8. The Morgan fingerprint density at radius 2 is 1.79 bits per heavy atom. The van der Waals surface area contributed by atoms with Gasteiger partial charge < -0.3 is 15.2 Å². The molecule has 2 unspecified atom stereocenters. The number of hydrogen-bond donors (Lipinski definition) is 2. The van der Waals surface area contributed by atoms with Crippen molar-refractivity contribution in [3.05, 3.63) is 12.2 Å². The van der Waals surface area contributed by atoms with Crippen molar-refractivity contribution in [3.8, 4) is 0 Å². The van der Waals surface area contributed by atoms with Gasteiger partial charge in [0.25, 0.3) is 0 Å². The molecule has 0 fully saturated rings. The number of carboxylic acid groups (broad SMARTS) is 1. The maximum absolute atomic E-state index is 11.7. The quantitative estimate of drug-likeness (QED) is 0.756. The van der Waals surface area contributed by atoms with Crippen molar-refractivity contribution < 1.29 is 19.4 Å². The van der Waals surface area contributed by atoms with E-state index in [2.05, 4.69) is 5.32 Å². The van der Waals surface area contributed by atoms with Gasteiger partial charge in [0.1, 0.15) is 5.60 Å². The van der Waals surface area contributed by atoms with E-state index in [1.165, 1.54) is 0 Å². The second-order valence-corrected chi connectivity index (χ2v) is 5.82. The molecule has 0 bridgehead atoms. The summed E-state index contributed by atoms with van der Waals surface area (Å²) in [6.07, 6.45) is 6.13. The van der Waals surface area contributed by atoms with Crippen LogP contribution in [-0.2, 0) is 9.53 Å². The zero-order chi connectivity index (χ0) is 14.5. The van der Waals surface area contributed by atoms with Crippen LogP contribution in [0.5, 0.6) is 0 Å². The van der Waals surface area contributed by atoms with Crippen LogP contribution in [0.25, 0.3) is 0 Å². The molecule has 108 valence electrons. The molecule has 1 rings (SSSR count). The molecule has 2 N–H and O–H groups in total. The average Bonchev–Trinajstić information content (AvgIpc) is 2.18. The molecule has 0 saturated carbocycles. The Labute approximate surface area is 114 Å². The lowest BCUT2D eigenvalue weighted by molar-refractivity contribution is -0.143. The van der Waals surface area contributed by atoms with Gasteiger partial charge in [-0.3, -0.25) is 4.79 Å². The van der Waals surface area contributed by atoms with E-state index in [1.807, 2.05) is 12.2 Å². The molecule has 0 saturated heterocycles. The summed E-state index contributed by atoms with van der Waals surface area (Å²) in [5, 5.41) is 12.0. The smallest absolute Gasteiger partial charge is 0.407 e.